The third-order valence-electron chi connectivity index (χ3n) is 4.79. The second-order valence-corrected chi connectivity index (χ2v) is 6.35. The Labute approximate surface area is 139 Å². The van der Waals surface area contributed by atoms with E-state index in [1.165, 1.54) is 0 Å². The summed E-state index contributed by atoms with van der Waals surface area (Å²) in [7, 11) is 0. The lowest BCUT2D eigenvalue weighted by molar-refractivity contribution is -0.167. The fraction of sp³-hybridized carbons (Fsp3) is 0.368. The van der Waals surface area contributed by atoms with Crippen molar-refractivity contribution in [3.05, 3.63) is 48.0 Å². The molecule has 0 saturated carbocycles. The number of aliphatic carboxylic acids is 2. The number of hydrogen-bond donors (Lipinski definition) is 2. The second-order valence-electron chi connectivity index (χ2n) is 6.35. The first-order valence-electron chi connectivity index (χ1n) is 8.08. The van der Waals surface area contributed by atoms with Crippen molar-refractivity contribution in [2.75, 3.05) is 6.61 Å². The zero-order valence-corrected chi connectivity index (χ0v) is 13.3. The molecular weight excluding hydrogens is 308 g/mol. The predicted molar refractivity (Wildman–Crippen MR) is 88.9 cm³/mol. The maximum atomic E-state index is 12.0. The lowest BCUT2D eigenvalue weighted by Crippen LogP contribution is -2.44. The Balaban J connectivity index is 2.01. The topological polar surface area (TPSA) is 83.8 Å². The van der Waals surface area contributed by atoms with Gasteiger partial charge in [0.2, 0.25) is 0 Å². The molecule has 2 N–H and O–H groups in total. The Hall–Kier alpha value is -2.40. The van der Waals surface area contributed by atoms with Gasteiger partial charge >= 0.3 is 11.9 Å². The van der Waals surface area contributed by atoms with E-state index in [0.29, 0.717) is 13.0 Å². The van der Waals surface area contributed by atoms with E-state index in [4.69, 9.17) is 4.74 Å². The number of carboxylic acids is 2. The monoisotopic (exact) mass is 328 g/mol. The average molecular weight is 328 g/mol. The molecule has 5 heteroatoms. The van der Waals surface area contributed by atoms with Gasteiger partial charge in [0.1, 0.15) is 0 Å². The van der Waals surface area contributed by atoms with E-state index >= 15 is 0 Å². The summed E-state index contributed by atoms with van der Waals surface area (Å²) >= 11 is 0. The van der Waals surface area contributed by atoms with Gasteiger partial charge in [-0.05, 0) is 35.6 Å². The third kappa shape index (κ3) is 2.99. The maximum absolute atomic E-state index is 12.0. The number of benzene rings is 2. The molecule has 0 aliphatic carbocycles. The van der Waals surface area contributed by atoms with Crippen LogP contribution in [-0.4, -0.2) is 34.9 Å². The summed E-state index contributed by atoms with van der Waals surface area (Å²) < 4.78 is 5.51. The maximum Gasteiger partial charge on any atom is 0.321 e. The summed E-state index contributed by atoms with van der Waals surface area (Å²) in [5.41, 5.74) is -1.14. The molecule has 24 heavy (non-hydrogen) atoms. The van der Waals surface area contributed by atoms with E-state index in [2.05, 4.69) is 0 Å². The molecule has 0 amide bonds. The van der Waals surface area contributed by atoms with Crippen molar-refractivity contribution in [1.29, 1.82) is 0 Å². The second kappa shape index (κ2) is 6.61. The first-order valence-corrected chi connectivity index (χ1v) is 8.08. The Kier molecular flexibility index (Phi) is 4.53. The average Bonchev–Trinajstić information content (AvgIpc) is 3.07. The van der Waals surface area contributed by atoms with Crippen molar-refractivity contribution in [2.24, 2.45) is 5.41 Å². The molecular formula is C19H20O5. The normalized spacial score (nSPS) is 17.9. The van der Waals surface area contributed by atoms with E-state index in [9.17, 15) is 19.8 Å². The largest absolute Gasteiger partial charge is 0.480 e. The Bertz CT molecular complexity index is 742. The minimum Gasteiger partial charge on any atom is -0.480 e. The Morgan fingerprint density at radius 2 is 1.79 bits per heavy atom. The fourth-order valence-electron chi connectivity index (χ4n) is 3.46. The summed E-state index contributed by atoms with van der Waals surface area (Å²) in [6.07, 6.45) is 1.17. The van der Waals surface area contributed by atoms with Crippen molar-refractivity contribution >= 4 is 22.7 Å². The zero-order chi connectivity index (χ0) is 17.2. The highest BCUT2D eigenvalue weighted by atomic mass is 16.5. The highest BCUT2D eigenvalue weighted by Crippen LogP contribution is 2.35. The number of rotatable bonds is 6. The van der Waals surface area contributed by atoms with Crippen LogP contribution in [0.5, 0.6) is 0 Å². The number of ether oxygens (including phenoxy) is 1. The van der Waals surface area contributed by atoms with Crippen molar-refractivity contribution in [1.82, 2.24) is 0 Å². The highest BCUT2D eigenvalue weighted by Gasteiger charge is 2.49. The molecule has 1 aliphatic rings. The number of carbonyl (C=O) groups is 2. The fourth-order valence-corrected chi connectivity index (χ4v) is 3.46. The van der Waals surface area contributed by atoms with Gasteiger partial charge in [-0.25, -0.2) is 0 Å². The van der Waals surface area contributed by atoms with Gasteiger partial charge in [0.15, 0.2) is 5.41 Å². The highest BCUT2D eigenvalue weighted by molar-refractivity contribution is 5.99. The van der Waals surface area contributed by atoms with Gasteiger partial charge < -0.3 is 14.9 Å². The van der Waals surface area contributed by atoms with Crippen LogP contribution < -0.4 is 0 Å². The van der Waals surface area contributed by atoms with E-state index in [0.717, 1.165) is 22.8 Å². The Morgan fingerprint density at radius 1 is 1.08 bits per heavy atom. The van der Waals surface area contributed by atoms with E-state index in [1.807, 2.05) is 36.4 Å². The summed E-state index contributed by atoms with van der Waals surface area (Å²) in [6.45, 7) is 0.564. The Morgan fingerprint density at radius 3 is 2.46 bits per heavy atom. The minimum absolute atomic E-state index is 0.0130. The molecule has 1 atom stereocenters. The van der Waals surface area contributed by atoms with Crippen LogP contribution in [0.1, 0.15) is 24.8 Å². The molecule has 0 bridgehead atoms. The van der Waals surface area contributed by atoms with Crippen LogP contribution in [0.25, 0.3) is 10.8 Å². The van der Waals surface area contributed by atoms with Crippen LogP contribution >= 0.6 is 0 Å². The van der Waals surface area contributed by atoms with Crippen molar-refractivity contribution < 1.29 is 24.5 Å². The van der Waals surface area contributed by atoms with Crippen LogP contribution in [0.2, 0.25) is 0 Å². The van der Waals surface area contributed by atoms with Crippen LogP contribution in [0.15, 0.2) is 42.5 Å². The third-order valence-corrected chi connectivity index (χ3v) is 4.79. The SMILES string of the molecule is O=C(O)C(Cc1cccc2ccccc12)(CC1CCCO1)C(=O)O. The molecule has 0 radical (unpaired) electrons. The molecule has 0 spiro atoms. The van der Waals surface area contributed by atoms with Crippen LogP contribution in [-0.2, 0) is 20.7 Å². The lowest BCUT2D eigenvalue weighted by atomic mass is 9.76. The van der Waals surface area contributed by atoms with Gasteiger partial charge in [-0.15, -0.1) is 0 Å². The molecule has 2 aromatic carbocycles. The molecule has 1 fully saturated rings. The van der Waals surface area contributed by atoms with Gasteiger partial charge in [0.05, 0.1) is 6.10 Å². The molecule has 3 rings (SSSR count). The molecule has 0 aromatic heterocycles. The molecule has 1 heterocycles. The number of fused-ring (bicyclic) bond motifs is 1. The van der Waals surface area contributed by atoms with Gasteiger partial charge in [-0.2, -0.15) is 0 Å². The molecule has 1 aliphatic heterocycles. The predicted octanol–water partition coefficient (Wildman–Crippen LogP) is 3.11. The number of carboxylic acid groups (broad SMARTS) is 2. The van der Waals surface area contributed by atoms with Crippen molar-refractivity contribution in [2.45, 2.75) is 31.8 Å². The number of hydrogen-bond acceptors (Lipinski definition) is 3. The molecule has 126 valence electrons. The van der Waals surface area contributed by atoms with E-state index in [1.54, 1.807) is 6.07 Å². The van der Waals surface area contributed by atoms with E-state index < -0.39 is 17.4 Å². The van der Waals surface area contributed by atoms with Gasteiger partial charge in [0.25, 0.3) is 0 Å². The van der Waals surface area contributed by atoms with E-state index in [-0.39, 0.29) is 18.9 Å². The molecule has 1 unspecified atom stereocenters. The van der Waals surface area contributed by atoms with Crippen LogP contribution in [0.3, 0.4) is 0 Å². The van der Waals surface area contributed by atoms with Crippen molar-refractivity contribution in [3.8, 4) is 0 Å². The van der Waals surface area contributed by atoms with Gasteiger partial charge in [0, 0.05) is 13.0 Å². The summed E-state index contributed by atoms with van der Waals surface area (Å²) in [5, 5.41) is 21.4. The van der Waals surface area contributed by atoms with Crippen LogP contribution in [0.4, 0.5) is 0 Å². The first-order chi connectivity index (χ1) is 11.5. The van der Waals surface area contributed by atoms with Gasteiger partial charge in [-0.3, -0.25) is 9.59 Å². The lowest BCUT2D eigenvalue weighted by Gasteiger charge is -2.28. The summed E-state index contributed by atoms with van der Waals surface area (Å²) in [4.78, 5) is 23.9. The standard InChI is InChI=1S/C19H20O5/c20-17(21)19(18(22)23,12-15-8-4-10-24-15)11-14-7-3-6-13-5-1-2-9-16(13)14/h1-3,5-7,9,15H,4,8,10-12H2,(H,20,21)(H,22,23). The minimum atomic E-state index is -1.88. The first kappa shape index (κ1) is 16.5. The molecule has 2 aromatic rings. The van der Waals surface area contributed by atoms with Crippen molar-refractivity contribution in [3.63, 3.8) is 0 Å². The van der Waals surface area contributed by atoms with Gasteiger partial charge in [-0.1, -0.05) is 42.5 Å². The zero-order valence-electron chi connectivity index (χ0n) is 13.3. The summed E-state index contributed by atoms with van der Waals surface area (Å²) in [5.74, 6) is -2.61. The smallest absolute Gasteiger partial charge is 0.321 e. The molecule has 5 nitrogen and oxygen atoms in total. The quantitative estimate of drug-likeness (QED) is 0.796. The summed E-state index contributed by atoms with van der Waals surface area (Å²) in [6, 6.07) is 13.2. The molecule has 1 saturated heterocycles. The van der Waals surface area contributed by atoms with Crippen LogP contribution in [0, 0.1) is 5.41 Å².